The second-order valence-corrected chi connectivity index (χ2v) is 6.79. The lowest BCUT2D eigenvalue weighted by Gasteiger charge is -2.26. The Bertz CT molecular complexity index is 578. The molecule has 1 aromatic carbocycles. The maximum absolute atomic E-state index is 12.5. The van der Waals surface area contributed by atoms with E-state index >= 15 is 0 Å². The first kappa shape index (κ1) is 15.0. The summed E-state index contributed by atoms with van der Waals surface area (Å²) in [5.41, 5.74) is 0.380. The van der Waals surface area contributed by atoms with Crippen LogP contribution in [-0.4, -0.2) is 38.3 Å². The lowest BCUT2D eigenvalue weighted by Crippen LogP contribution is -2.35. The highest BCUT2D eigenvalue weighted by Crippen LogP contribution is 2.21. The van der Waals surface area contributed by atoms with Crippen LogP contribution in [-0.2, 0) is 10.0 Å². The lowest BCUT2D eigenvalue weighted by atomic mass is 10.2. The molecule has 1 aromatic rings. The molecule has 20 heavy (non-hydrogen) atoms. The van der Waals surface area contributed by atoms with E-state index in [0.717, 1.165) is 19.3 Å². The Morgan fingerprint density at radius 2 is 1.95 bits per heavy atom. The molecule has 1 heterocycles. The zero-order valence-corrected chi connectivity index (χ0v) is 12.4. The molecule has 110 valence electrons. The first-order chi connectivity index (χ1) is 9.55. The highest BCUT2D eigenvalue weighted by molar-refractivity contribution is 7.89. The number of nitrogens with zero attached hydrogens (tertiary/aromatic N) is 1. The molecular formula is C14H20N2O3S. The number of amides is 1. The molecule has 1 aliphatic rings. The van der Waals surface area contributed by atoms with Gasteiger partial charge < -0.3 is 5.32 Å². The van der Waals surface area contributed by atoms with Crippen LogP contribution in [0.2, 0.25) is 0 Å². The summed E-state index contributed by atoms with van der Waals surface area (Å²) in [5, 5.41) is 2.67. The monoisotopic (exact) mass is 296 g/mol. The van der Waals surface area contributed by atoms with Crippen LogP contribution in [0.1, 0.15) is 36.5 Å². The predicted molar refractivity (Wildman–Crippen MR) is 77.1 cm³/mol. The molecule has 0 saturated carbocycles. The average molecular weight is 296 g/mol. The van der Waals surface area contributed by atoms with E-state index in [2.05, 4.69) is 5.32 Å². The number of sulfonamides is 1. The minimum Gasteiger partial charge on any atom is -0.352 e. The van der Waals surface area contributed by atoms with Crippen molar-refractivity contribution in [3.8, 4) is 0 Å². The Hall–Kier alpha value is -1.40. The van der Waals surface area contributed by atoms with Crippen molar-refractivity contribution < 1.29 is 13.2 Å². The van der Waals surface area contributed by atoms with Gasteiger partial charge in [0, 0.05) is 25.2 Å². The van der Waals surface area contributed by atoms with Crippen LogP contribution in [0.25, 0.3) is 0 Å². The number of carbonyl (C=O) groups is 1. The van der Waals surface area contributed by atoms with Gasteiger partial charge in [-0.25, -0.2) is 8.42 Å². The van der Waals surface area contributed by atoms with Gasteiger partial charge >= 0.3 is 0 Å². The van der Waals surface area contributed by atoms with E-state index in [-0.39, 0.29) is 10.8 Å². The van der Waals surface area contributed by atoms with Crippen molar-refractivity contribution in [2.24, 2.45) is 0 Å². The number of piperidine rings is 1. The molecule has 0 aliphatic carbocycles. The van der Waals surface area contributed by atoms with Crippen molar-refractivity contribution >= 4 is 15.9 Å². The molecule has 5 nitrogen and oxygen atoms in total. The number of rotatable bonds is 4. The maximum atomic E-state index is 12.5. The van der Waals surface area contributed by atoms with Gasteiger partial charge in [-0.2, -0.15) is 4.31 Å². The minimum atomic E-state index is -3.48. The van der Waals surface area contributed by atoms with Crippen molar-refractivity contribution in [2.75, 3.05) is 19.6 Å². The van der Waals surface area contributed by atoms with Crippen LogP contribution in [0.3, 0.4) is 0 Å². The smallest absolute Gasteiger partial charge is 0.251 e. The van der Waals surface area contributed by atoms with E-state index in [4.69, 9.17) is 0 Å². The Balaban J connectivity index is 2.27. The summed E-state index contributed by atoms with van der Waals surface area (Å²) in [5.74, 6) is -0.247. The van der Waals surface area contributed by atoms with Crippen molar-refractivity contribution in [3.63, 3.8) is 0 Å². The summed E-state index contributed by atoms with van der Waals surface area (Å²) in [7, 11) is -3.48. The van der Waals surface area contributed by atoms with Gasteiger partial charge in [-0.3, -0.25) is 4.79 Å². The van der Waals surface area contributed by atoms with Gasteiger partial charge in [0.2, 0.25) is 10.0 Å². The number of benzene rings is 1. The van der Waals surface area contributed by atoms with E-state index in [1.807, 2.05) is 6.92 Å². The van der Waals surface area contributed by atoms with Gasteiger partial charge in [0.25, 0.3) is 5.91 Å². The fraction of sp³-hybridized carbons (Fsp3) is 0.500. The van der Waals surface area contributed by atoms with Gasteiger partial charge in [0.15, 0.2) is 0 Å². The summed E-state index contributed by atoms with van der Waals surface area (Å²) in [6.45, 7) is 3.47. The highest BCUT2D eigenvalue weighted by Gasteiger charge is 2.26. The third kappa shape index (κ3) is 3.19. The molecule has 1 N–H and O–H groups in total. The third-order valence-corrected chi connectivity index (χ3v) is 5.28. The van der Waals surface area contributed by atoms with E-state index < -0.39 is 10.0 Å². The van der Waals surface area contributed by atoms with Crippen molar-refractivity contribution in [3.05, 3.63) is 29.8 Å². The van der Waals surface area contributed by atoms with E-state index in [1.165, 1.54) is 10.4 Å². The highest BCUT2D eigenvalue weighted by atomic mass is 32.2. The van der Waals surface area contributed by atoms with Crippen LogP contribution in [0, 0.1) is 0 Å². The fourth-order valence-electron chi connectivity index (χ4n) is 2.31. The summed E-state index contributed by atoms with van der Waals surface area (Å²) < 4.78 is 26.5. The van der Waals surface area contributed by atoms with E-state index in [9.17, 15) is 13.2 Å². The zero-order chi connectivity index (χ0) is 14.6. The second kappa shape index (κ2) is 6.37. The summed E-state index contributed by atoms with van der Waals surface area (Å²) in [6.07, 6.45) is 2.87. The Labute approximate surface area is 120 Å². The summed E-state index contributed by atoms with van der Waals surface area (Å²) in [6, 6.07) is 6.24. The molecule has 1 saturated heterocycles. The molecule has 1 amide bonds. The second-order valence-electron chi connectivity index (χ2n) is 4.85. The summed E-state index contributed by atoms with van der Waals surface area (Å²) >= 11 is 0. The van der Waals surface area contributed by atoms with Crippen molar-refractivity contribution in [1.82, 2.24) is 9.62 Å². The maximum Gasteiger partial charge on any atom is 0.251 e. The number of hydrogen-bond acceptors (Lipinski definition) is 3. The lowest BCUT2D eigenvalue weighted by molar-refractivity contribution is 0.0955. The molecule has 1 aliphatic heterocycles. The predicted octanol–water partition coefficient (Wildman–Crippen LogP) is 1.61. The minimum absolute atomic E-state index is 0.197. The number of hydrogen-bond donors (Lipinski definition) is 1. The Morgan fingerprint density at radius 1 is 1.25 bits per heavy atom. The van der Waals surface area contributed by atoms with E-state index in [1.54, 1.807) is 18.2 Å². The summed E-state index contributed by atoms with van der Waals surface area (Å²) in [4.78, 5) is 12.0. The number of nitrogens with one attached hydrogen (secondary N) is 1. The quantitative estimate of drug-likeness (QED) is 0.918. The van der Waals surface area contributed by atoms with E-state index in [0.29, 0.717) is 25.2 Å². The largest absolute Gasteiger partial charge is 0.352 e. The first-order valence-corrected chi connectivity index (χ1v) is 8.38. The molecule has 0 atom stereocenters. The first-order valence-electron chi connectivity index (χ1n) is 6.94. The molecule has 0 aromatic heterocycles. The molecule has 6 heteroatoms. The van der Waals surface area contributed by atoms with Gasteiger partial charge in [0.1, 0.15) is 0 Å². The molecule has 0 unspecified atom stereocenters. The van der Waals surface area contributed by atoms with Crippen LogP contribution >= 0.6 is 0 Å². The molecular weight excluding hydrogens is 276 g/mol. The Morgan fingerprint density at radius 3 is 2.60 bits per heavy atom. The molecule has 1 fully saturated rings. The van der Waals surface area contributed by atoms with Crippen molar-refractivity contribution in [1.29, 1.82) is 0 Å². The van der Waals surface area contributed by atoms with Gasteiger partial charge in [-0.15, -0.1) is 0 Å². The van der Waals surface area contributed by atoms with Crippen molar-refractivity contribution in [2.45, 2.75) is 31.1 Å². The Kier molecular flexibility index (Phi) is 4.77. The topological polar surface area (TPSA) is 66.5 Å². The van der Waals surface area contributed by atoms with Gasteiger partial charge in [-0.05, 0) is 38.0 Å². The molecule has 0 radical (unpaired) electrons. The molecule has 2 rings (SSSR count). The van der Waals surface area contributed by atoms with Crippen LogP contribution < -0.4 is 5.32 Å². The molecule has 0 bridgehead atoms. The van der Waals surface area contributed by atoms with Gasteiger partial charge in [-0.1, -0.05) is 12.5 Å². The third-order valence-electron chi connectivity index (χ3n) is 3.39. The molecule has 0 spiro atoms. The van der Waals surface area contributed by atoms with Crippen LogP contribution in [0.15, 0.2) is 29.2 Å². The SMILES string of the molecule is CCNC(=O)c1cccc(S(=O)(=O)N2CCCCC2)c1. The normalized spacial score (nSPS) is 16.9. The van der Waals surface area contributed by atoms with Crippen LogP contribution in [0.5, 0.6) is 0 Å². The fourth-order valence-corrected chi connectivity index (χ4v) is 3.88. The standard InChI is InChI=1S/C14H20N2O3S/c1-2-15-14(17)12-7-6-8-13(11-12)20(18,19)16-9-4-3-5-10-16/h6-8,11H,2-5,9-10H2,1H3,(H,15,17). The average Bonchev–Trinajstić information content (AvgIpc) is 2.48. The van der Waals surface area contributed by atoms with Gasteiger partial charge in [0.05, 0.1) is 4.90 Å². The number of carbonyl (C=O) groups excluding carboxylic acids is 1. The van der Waals surface area contributed by atoms with Crippen LogP contribution in [0.4, 0.5) is 0 Å². The zero-order valence-electron chi connectivity index (χ0n) is 11.6.